The van der Waals surface area contributed by atoms with E-state index in [2.05, 4.69) is 21.9 Å². The predicted molar refractivity (Wildman–Crippen MR) is 106 cm³/mol. The largest absolute Gasteiger partial charge is 0.342 e. The summed E-state index contributed by atoms with van der Waals surface area (Å²) in [5, 5.41) is 0. The van der Waals surface area contributed by atoms with Gasteiger partial charge in [0.05, 0.1) is 12.6 Å². The minimum atomic E-state index is -0.118. The van der Waals surface area contributed by atoms with Crippen LogP contribution in [0.3, 0.4) is 0 Å². The summed E-state index contributed by atoms with van der Waals surface area (Å²) in [4.78, 5) is 33.8. The van der Waals surface area contributed by atoms with E-state index in [4.69, 9.17) is 0 Å². The number of piperazine rings is 1. The number of hydrogen-bond acceptors (Lipinski definition) is 4. The van der Waals surface area contributed by atoms with Crippen molar-refractivity contribution in [2.45, 2.75) is 32.2 Å². The van der Waals surface area contributed by atoms with Crippen LogP contribution in [0.5, 0.6) is 0 Å². The van der Waals surface area contributed by atoms with Crippen molar-refractivity contribution < 1.29 is 9.59 Å². The van der Waals surface area contributed by atoms with Crippen LogP contribution < -0.4 is 4.90 Å². The highest BCUT2D eigenvalue weighted by molar-refractivity contribution is 5.98. The first-order chi connectivity index (χ1) is 13.1. The SMILES string of the molecule is CC(C(=O)N1CCc2ccccc21)N1CCN(CC(=O)N2CCCC2)CC1. The Morgan fingerprint density at radius 1 is 0.963 bits per heavy atom. The lowest BCUT2D eigenvalue weighted by Gasteiger charge is -2.38. The molecule has 1 atom stereocenters. The van der Waals surface area contributed by atoms with Crippen LogP contribution in [0.2, 0.25) is 0 Å². The first kappa shape index (κ1) is 18.4. The molecule has 0 bridgehead atoms. The fourth-order valence-electron chi connectivity index (χ4n) is 4.52. The van der Waals surface area contributed by atoms with E-state index >= 15 is 0 Å². The molecule has 2 amide bonds. The highest BCUT2D eigenvalue weighted by atomic mass is 16.2. The van der Waals surface area contributed by atoms with E-state index in [0.29, 0.717) is 6.54 Å². The van der Waals surface area contributed by atoms with E-state index in [1.165, 1.54) is 5.56 Å². The quantitative estimate of drug-likeness (QED) is 0.799. The number of para-hydroxylation sites is 1. The highest BCUT2D eigenvalue weighted by Gasteiger charge is 2.32. The van der Waals surface area contributed by atoms with E-state index in [1.54, 1.807) is 0 Å². The molecule has 1 aromatic rings. The first-order valence-electron chi connectivity index (χ1n) is 10.3. The van der Waals surface area contributed by atoms with Crippen LogP contribution >= 0.6 is 0 Å². The van der Waals surface area contributed by atoms with Gasteiger partial charge in [0.15, 0.2) is 0 Å². The number of nitrogens with zero attached hydrogens (tertiary/aromatic N) is 4. The average Bonchev–Trinajstić information content (AvgIpc) is 3.37. The van der Waals surface area contributed by atoms with Gasteiger partial charge in [-0.05, 0) is 37.8 Å². The monoisotopic (exact) mass is 370 g/mol. The van der Waals surface area contributed by atoms with Crippen LogP contribution in [0.15, 0.2) is 24.3 Å². The van der Waals surface area contributed by atoms with Crippen molar-refractivity contribution in [2.24, 2.45) is 0 Å². The van der Waals surface area contributed by atoms with Crippen molar-refractivity contribution in [1.29, 1.82) is 0 Å². The van der Waals surface area contributed by atoms with Crippen LogP contribution in [-0.2, 0) is 16.0 Å². The Morgan fingerprint density at radius 2 is 1.67 bits per heavy atom. The van der Waals surface area contributed by atoms with Crippen LogP contribution in [0, 0.1) is 0 Å². The number of carbonyl (C=O) groups is 2. The highest BCUT2D eigenvalue weighted by Crippen LogP contribution is 2.28. The summed E-state index contributed by atoms with van der Waals surface area (Å²) in [6, 6.07) is 8.09. The predicted octanol–water partition coefficient (Wildman–Crippen LogP) is 1.20. The molecule has 0 aliphatic carbocycles. The van der Waals surface area contributed by atoms with Gasteiger partial charge in [0.2, 0.25) is 11.8 Å². The number of likely N-dealkylation sites (tertiary alicyclic amines) is 1. The summed E-state index contributed by atoms with van der Waals surface area (Å²) in [5.74, 6) is 0.459. The number of amides is 2. The second kappa shape index (κ2) is 7.98. The molecule has 6 nitrogen and oxygen atoms in total. The summed E-state index contributed by atoms with van der Waals surface area (Å²) in [6.07, 6.45) is 3.22. The maximum atomic E-state index is 13.1. The topological polar surface area (TPSA) is 47.1 Å². The standard InChI is InChI=1S/C21H30N4O2/c1-17(21(27)25-11-8-18-6-2-3-7-19(18)25)23-14-12-22(13-15-23)16-20(26)24-9-4-5-10-24/h2-3,6-7,17H,4-5,8-16H2,1H3. The van der Waals surface area contributed by atoms with Gasteiger partial charge in [0.1, 0.15) is 0 Å². The van der Waals surface area contributed by atoms with Crippen molar-refractivity contribution >= 4 is 17.5 Å². The summed E-state index contributed by atoms with van der Waals surface area (Å²) in [5.41, 5.74) is 2.34. The Morgan fingerprint density at radius 3 is 2.41 bits per heavy atom. The van der Waals surface area contributed by atoms with E-state index in [9.17, 15) is 9.59 Å². The van der Waals surface area contributed by atoms with Crippen LogP contribution in [-0.4, -0.2) is 84.9 Å². The Labute approximate surface area is 161 Å². The summed E-state index contributed by atoms with van der Waals surface area (Å²) >= 11 is 0. The van der Waals surface area contributed by atoms with Gasteiger partial charge in [0, 0.05) is 51.5 Å². The number of benzene rings is 1. The smallest absolute Gasteiger partial charge is 0.244 e. The summed E-state index contributed by atoms with van der Waals surface area (Å²) in [6.45, 7) is 8.56. The number of hydrogen-bond donors (Lipinski definition) is 0. The maximum absolute atomic E-state index is 13.1. The molecule has 0 spiro atoms. The van der Waals surface area contributed by atoms with Crippen molar-refractivity contribution in [1.82, 2.24) is 14.7 Å². The molecular formula is C21H30N4O2. The second-order valence-corrected chi connectivity index (χ2v) is 7.94. The molecule has 27 heavy (non-hydrogen) atoms. The fraction of sp³-hybridized carbons (Fsp3) is 0.619. The molecule has 146 valence electrons. The van der Waals surface area contributed by atoms with Gasteiger partial charge >= 0.3 is 0 Å². The van der Waals surface area contributed by atoms with E-state index in [0.717, 1.165) is 70.8 Å². The van der Waals surface area contributed by atoms with Gasteiger partial charge in [0.25, 0.3) is 0 Å². The lowest BCUT2D eigenvalue weighted by Crippen LogP contribution is -2.55. The van der Waals surface area contributed by atoms with Gasteiger partial charge in [-0.25, -0.2) is 0 Å². The van der Waals surface area contributed by atoms with Gasteiger partial charge in [-0.2, -0.15) is 0 Å². The minimum absolute atomic E-state index is 0.118. The maximum Gasteiger partial charge on any atom is 0.244 e. The molecule has 1 aromatic carbocycles. The van der Waals surface area contributed by atoms with Crippen molar-refractivity contribution in [3.8, 4) is 0 Å². The zero-order valence-corrected chi connectivity index (χ0v) is 16.3. The molecule has 1 unspecified atom stereocenters. The van der Waals surface area contributed by atoms with Gasteiger partial charge < -0.3 is 9.80 Å². The normalized spacial score (nSPS) is 22.1. The van der Waals surface area contributed by atoms with Crippen LogP contribution in [0.4, 0.5) is 5.69 Å². The Balaban J connectivity index is 1.29. The van der Waals surface area contributed by atoms with Crippen LogP contribution in [0.1, 0.15) is 25.3 Å². The molecule has 4 rings (SSSR count). The Hall–Kier alpha value is -1.92. The fourth-order valence-corrected chi connectivity index (χ4v) is 4.52. The number of rotatable bonds is 4. The third-order valence-electron chi connectivity index (χ3n) is 6.28. The third-order valence-corrected chi connectivity index (χ3v) is 6.28. The zero-order chi connectivity index (χ0) is 18.8. The molecule has 6 heteroatoms. The van der Waals surface area contributed by atoms with Crippen molar-refractivity contribution in [3.05, 3.63) is 29.8 Å². The number of anilines is 1. The molecule has 3 aliphatic heterocycles. The van der Waals surface area contributed by atoms with Crippen LogP contribution in [0.25, 0.3) is 0 Å². The molecule has 2 saturated heterocycles. The van der Waals surface area contributed by atoms with Crippen molar-refractivity contribution in [2.75, 3.05) is 57.3 Å². The molecule has 0 N–H and O–H groups in total. The Kier molecular flexibility index (Phi) is 5.45. The first-order valence-corrected chi connectivity index (χ1v) is 10.3. The third kappa shape index (κ3) is 3.87. The lowest BCUT2D eigenvalue weighted by molar-refractivity contribution is -0.132. The molecule has 3 aliphatic rings. The molecule has 3 heterocycles. The molecule has 0 saturated carbocycles. The zero-order valence-electron chi connectivity index (χ0n) is 16.3. The Bertz CT molecular complexity index is 693. The van der Waals surface area contributed by atoms with E-state index in [-0.39, 0.29) is 17.9 Å². The number of carbonyl (C=O) groups excluding carboxylic acids is 2. The van der Waals surface area contributed by atoms with Crippen molar-refractivity contribution in [3.63, 3.8) is 0 Å². The number of fused-ring (bicyclic) bond motifs is 1. The van der Waals surface area contributed by atoms with E-state index in [1.807, 2.05) is 28.9 Å². The van der Waals surface area contributed by atoms with Gasteiger partial charge in [-0.3, -0.25) is 19.4 Å². The average molecular weight is 370 g/mol. The second-order valence-electron chi connectivity index (χ2n) is 7.94. The van der Waals surface area contributed by atoms with Gasteiger partial charge in [-0.15, -0.1) is 0 Å². The summed E-state index contributed by atoms with van der Waals surface area (Å²) in [7, 11) is 0. The van der Waals surface area contributed by atoms with E-state index < -0.39 is 0 Å². The summed E-state index contributed by atoms with van der Waals surface area (Å²) < 4.78 is 0. The lowest BCUT2D eigenvalue weighted by atomic mass is 10.1. The molecule has 0 radical (unpaired) electrons. The molecule has 0 aromatic heterocycles. The molecule has 2 fully saturated rings. The molecular weight excluding hydrogens is 340 g/mol. The van der Waals surface area contributed by atoms with Gasteiger partial charge in [-0.1, -0.05) is 18.2 Å². The minimum Gasteiger partial charge on any atom is -0.342 e.